The van der Waals surface area contributed by atoms with E-state index in [-0.39, 0.29) is 49.1 Å². The lowest BCUT2D eigenvalue weighted by Crippen LogP contribution is -2.42. The molecule has 41 heavy (non-hydrogen) atoms. The fourth-order valence-electron chi connectivity index (χ4n) is 5.37. The number of hydrogen-bond acceptors (Lipinski definition) is 8. The number of nitrogens with zero attached hydrogens (tertiary/aromatic N) is 5. The van der Waals surface area contributed by atoms with Crippen molar-refractivity contribution in [3.05, 3.63) is 28.4 Å². The van der Waals surface area contributed by atoms with Crippen molar-refractivity contribution in [1.82, 2.24) is 29.9 Å². The van der Waals surface area contributed by atoms with E-state index in [1.807, 2.05) is 4.57 Å². The van der Waals surface area contributed by atoms with Crippen LogP contribution in [-0.4, -0.2) is 55.4 Å². The zero-order valence-electron chi connectivity index (χ0n) is 22.0. The SMILES string of the molecule is Cn1nc(OC(F)F)cc1Nc1nncn1[C@H]1CCc2sc(NC(=O)C3CC3)c(C(=O)NCC3CC(F)(F)C3)c2C1. The van der Waals surface area contributed by atoms with Crippen LogP contribution in [0, 0.1) is 11.8 Å². The molecule has 220 valence electrons. The highest BCUT2D eigenvalue weighted by Gasteiger charge is 2.45. The Morgan fingerprint density at radius 3 is 2.73 bits per heavy atom. The molecule has 1 atom stereocenters. The third-order valence-corrected chi connectivity index (χ3v) is 8.85. The lowest BCUT2D eigenvalue weighted by atomic mass is 9.81. The molecule has 3 aromatic rings. The van der Waals surface area contributed by atoms with E-state index in [0.717, 1.165) is 23.3 Å². The van der Waals surface area contributed by atoms with Gasteiger partial charge in [0, 0.05) is 49.3 Å². The van der Waals surface area contributed by atoms with Crippen molar-refractivity contribution in [3.63, 3.8) is 0 Å². The third-order valence-electron chi connectivity index (χ3n) is 7.65. The van der Waals surface area contributed by atoms with Crippen molar-refractivity contribution >= 4 is 39.9 Å². The van der Waals surface area contributed by atoms with E-state index >= 15 is 0 Å². The number of ether oxygens (including phenoxy) is 1. The molecule has 0 spiro atoms. The van der Waals surface area contributed by atoms with Crippen LogP contribution >= 0.6 is 11.3 Å². The van der Waals surface area contributed by atoms with Crippen LogP contribution in [-0.2, 0) is 24.7 Å². The number of carbonyl (C=O) groups is 2. The molecular weight excluding hydrogens is 568 g/mol. The summed E-state index contributed by atoms with van der Waals surface area (Å²) in [4.78, 5) is 27.0. The average Bonchev–Trinajstić information content (AvgIpc) is 3.41. The van der Waals surface area contributed by atoms with E-state index in [2.05, 4.69) is 36.0 Å². The van der Waals surface area contributed by atoms with Gasteiger partial charge in [-0.3, -0.25) is 14.2 Å². The number of rotatable bonds is 10. The standard InChI is InChI=1S/C25H28F4N8O3S/c1-36-17(7-18(35-36)40-23(26)27)32-24-34-31-11-37(24)14-4-5-16-15(6-14)19(22(41-16)33-20(38)13-2-3-13)21(39)30-10-12-8-25(28,29)9-12/h7,11-14,23H,2-6,8-10H2,1H3,(H,30,39)(H,32,34)(H,33,38)/t14-/m0/s1. The van der Waals surface area contributed by atoms with Crippen LogP contribution in [0.3, 0.4) is 0 Å². The van der Waals surface area contributed by atoms with Crippen LogP contribution in [0.4, 0.5) is 34.3 Å². The molecule has 0 saturated heterocycles. The number of halogens is 4. The van der Waals surface area contributed by atoms with Gasteiger partial charge < -0.3 is 20.7 Å². The maximum atomic E-state index is 13.4. The molecule has 11 nitrogen and oxygen atoms in total. The van der Waals surface area contributed by atoms with Crippen LogP contribution in [0.5, 0.6) is 5.88 Å². The van der Waals surface area contributed by atoms with E-state index < -0.39 is 18.4 Å². The van der Waals surface area contributed by atoms with Crippen molar-refractivity contribution in [1.29, 1.82) is 0 Å². The number of fused-ring (bicyclic) bond motifs is 1. The predicted octanol–water partition coefficient (Wildman–Crippen LogP) is 4.27. The van der Waals surface area contributed by atoms with Crippen LogP contribution < -0.4 is 20.7 Å². The van der Waals surface area contributed by atoms with Crippen molar-refractivity contribution in [3.8, 4) is 5.88 Å². The maximum absolute atomic E-state index is 13.4. The molecule has 0 radical (unpaired) electrons. The summed E-state index contributed by atoms with van der Waals surface area (Å²) in [6.45, 7) is -2.87. The second kappa shape index (κ2) is 10.6. The Labute approximate surface area is 235 Å². The maximum Gasteiger partial charge on any atom is 0.388 e. The van der Waals surface area contributed by atoms with Gasteiger partial charge in [-0.2, -0.15) is 8.78 Å². The average molecular weight is 597 g/mol. The van der Waals surface area contributed by atoms with Crippen LogP contribution in [0.2, 0.25) is 0 Å². The number of carbonyl (C=O) groups excluding carboxylic acids is 2. The second-order valence-corrected chi connectivity index (χ2v) is 11.9. The first kappa shape index (κ1) is 27.5. The Kier molecular flexibility index (Phi) is 7.11. The van der Waals surface area contributed by atoms with Gasteiger partial charge in [0.1, 0.15) is 17.1 Å². The summed E-state index contributed by atoms with van der Waals surface area (Å²) in [7, 11) is 1.56. The molecule has 6 rings (SSSR count). The number of thiophene rings is 1. The topological polar surface area (TPSA) is 128 Å². The van der Waals surface area contributed by atoms with Crippen LogP contribution in [0.25, 0.3) is 0 Å². The number of hydrogen-bond donors (Lipinski definition) is 3. The van der Waals surface area contributed by atoms with Gasteiger partial charge in [-0.25, -0.2) is 13.5 Å². The highest BCUT2D eigenvalue weighted by molar-refractivity contribution is 7.17. The summed E-state index contributed by atoms with van der Waals surface area (Å²) in [6, 6.07) is 1.15. The predicted molar refractivity (Wildman–Crippen MR) is 140 cm³/mol. The number of anilines is 3. The van der Waals surface area contributed by atoms with Crippen LogP contribution in [0.1, 0.15) is 58.9 Å². The molecule has 2 saturated carbocycles. The van der Waals surface area contributed by atoms with E-state index in [1.165, 1.54) is 22.1 Å². The molecule has 0 bridgehead atoms. The summed E-state index contributed by atoms with van der Waals surface area (Å²) in [5, 5.41) is 21.3. The van der Waals surface area contributed by atoms with Gasteiger partial charge in [-0.15, -0.1) is 26.6 Å². The van der Waals surface area contributed by atoms with E-state index in [1.54, 1.807) is 13.4 Å². The van der Waals surface area contributed by atoms with Gasteiger partial charge in [0.25, 0.3) is 5.91 Å². The highest BCUT2D eigenvalue weighted by atomic mass is 32.1. The Bertz CT molecular complexity index is 1460. The lowest BCUT2D eigenvalue weighted by molar-refractivity contribution is -0.117. The fraction of sp³-hybridized carbons (Fsp3) is 0.560. The smallest absolute Gasteiger partial charge is 0.388 e. The molecule has 3 aromatic heterocycles. The number of alkyl halides is 4. The molecule has 2 fully saturated rings. The minimum Gasteiger partial charge on any atom is -0.415 e. The Morgan fingerprint density at radius 1 is 1.24 bits per heavy atom. The minimum absolute atomic E-state index is 0.0562. The summed E-state index contributed by atoms with van der Waals surface area (Å²) in [6.07, 6.45) is 4.43. The number of nitrogens with one attached hydrogen (secondary N) is 3. The molecule has 16 heteroatoms. The van der Waals surface area contributed by atoms with E-state index in [4.69, 9.17) is 0 Å². The van der Waals surface area contributed by atoms with Crippen molar-refractivity contribution in [2.45, 2.75) is 63.5 Å². The fourth-order valence-corrected chi connectivity index (χ4v) is 6.61. The van der Waals surface area contributed by atoms with E-state index in [9.17, 15) is 27.2 Å². The molecular formula is C25H28F4N8O3S. The number of amides is 2. The summed E-state index contributed by atoms with van der Waals surface area (Å²) >= 11 is 1.38. The monoisotopic (exact) mass is 596 g/mol. The van der Waals surface area contributed by atoms with Gasteiger partial charge in [-0.1, -0.05) is 0 Å². The van der Waals surface area contributed by atoms with Gasteiger partial charge in [0.15, 0.2) is 0 Å². The largest absolute Gasteiger partial charge is 0.415 e. The Morgan fingerprint density at radius 2 is 2.02 bits per heavy atom. The summed E-state index contributed by atoms with van der Waals surface area (Å²) < 4.78 is 59.3. The van der Waals surface area contributed by atoms with Crippen molar-refractivity contribution in [2.24, 2.45) is 18.9 Å². The van der Waals surface area contributed by atoms with Gasteiger partial charge in [0.2, 0.25) is 23.7 Å². The Hall–Kier alpha value is -3.69. The first-order chi connectivity index (χ1) is 19.6. The molecule has 3 heterocycles. The molecule has 3 aliphatic carbocycles. The number of aryl methyl sites for hydroxylation is 2. The minimum atomic E-state index is -3.01. The van der Waals surface area contributed by atoms with E-state index in [0.29, 0.717) is 41.6 Å². The molecule has 0 unspecified atom stereocenters. The first-order valence-electron chi connectivity index (χ1n) is 13.3. The van der Waals surface area contributed by atoms with Gasteiger partial charge >= 0.3 is 6.61 Å². The molecule has 0 aliphatic heterocycles. The van der Waals surface area contributed by atoms with Gasteiger partial charge in [-0.05, 0) is 43.6 Å². The molecule has 2 amide bonds. The van der Waals surface area contributed by atoms with Crippen LogP contribution in [0.15, 0.2) is 12.4 Å². The first-order valence-corrected chi connectivity index (χ1v) is 14.1. The molecule has 3 aliphatic rings. The summed E-state index contributed by atoms with van der Waals surface area (Å²) in [5.74, 6) is -3.08. The zero-order valence-corrected chi connectivity index (χ0v) is 22.8. The van der Waals surface area contributed by atoms with Crippen molar-refractivity contribution < 1.29 is 31.9 Å². The normalized spacial score (nSPS) is 19.9. The zero-order chi connectivity index (χ0) is 28.9. The lowest BCUT2D eigenvalue weighted by Gasteiger charge is -2.34. The third kappa shape index (κ3) is 5.87. The quantitative estimate of drug-likeness (QED) is 0.298. The highest BCUT2D eigenvalue weighted by Crippen LogP contribution is 2.44. The molecule has 3 N–H and O–H groups in total. The number of aromatic nitrogens is 5. The van der Waals surface area contributed by atoms with Crippen molar-refractivity contribution in [2.75, 3.05) is 17.2 Å². The second-order valence-electron chi connectivity index (χ2n) is 10.8. The van der Waals surface area contributed by atoms with Gasteiger partial charge in [0.05, 0.1) is 5.56 Å². The summed E-state index contributed by atoms with van der Waals surface area (Å²) in [5.41, 5.74) is 1.17. The molecule has 0 aromatic carbocycles. The Balaban J connectivity index is 1.22.